The van der Waals surface area contributed by atoms with E-state index in [1.165, 1.54) is 15.7 Å². The standard InChI is InChI=1S/C18H10N4O2S/c19-10-11-4-6-12(7-5-11)20-16(23)14-9-13-17(25-14)21-15-3-1-2-8-22(15)18(13)24/h1-9H,(H,20,23). The van der Waals surface area contributed by atoms with Crippen molar-refractivity contribution in [3.8, 4) is 6.07 Å². The van der Waals surface area contributed by atoms with Gasteiger partial charge in [0.15, 0.2) is 0 Å². The fourth-order valence-electron chi connectivity index (χ4n) is 2.48. The van der Waals surface area contributed by atoms with Crippen LogP contribution in [-0.2, 0) is 0 Å². The van der Waals surface area contributed by atoms with Crippen LogP contribution in [0.1, 0.15) is 15.2 Å². The number of pyridine rings is 1. The Morgan fingerprint density at radius 1 is 1.20 bits per heavy atom. The second-order valence-electron chi connectivity index (χ2n) is 5.32. The third-order valence-corrected chi connectivity index (χ3v) is 4.74. The Morgan fingerprint density at radius 3 is 2.76 bits per heavy atom. The van der Waals surface area contributed by atoms with Crippen LogP contribution in [-0.4, -0.2) is 15.3 Å². The number of hydrogen-bond donors (Lipinski definition) is 1. The Hall–Kier alpha value is -3.50. The van der Waals surface area contributed by atoms with Gasteiger partial charge in [-0.25, -0.2) is 4.98 Å². The molecule has 4 rings (SSSR count). The zero-order valence-corrected chi connectivity index (χ0v) is 13.6. The van der Waals surface area contributed by atoms with E-state index in [0.29, 0.717) is 32.0 Å². The molecular formula is C18H10N4O2S. The molecule has 0 aliphatic carbocycles. The number of rotatable bonds is 2. The molecule has 7 heteroatoms. The highest BCUT2D eigenvalue weighted by Gasteiger charge is 2.15. The Labute approximate surface area is 145 Å². The summed E-state index contributed by atoms with van der Waals surface area (Å²) in [5.41, 5.74) is 1.44. The summed E-state index contributed by atoms with van der Waals surface area (Å²) in [5.74, 6) is -0.318. The van der Waals surface area contributed by atoms with E-state index in [2.05, 4.69) is 10.3 Å². The van der Waals surface area contributed by atoms with Gasteiger partial charge in [-0.05, 0) is 42.5 Å². The maximum absolute atomic E-state index is 12.5. The maximum Gasteiger partial charge on any atom is 0.266 e. The van der Waals surface area contributed by atoms with E-state index in [-0.39, 0.29) is 11.5 Å². The smallest absolute Gasteiger partial charge is 0.266 e. The number of aromatic nitrogens is 2. The van der Waals surface area contributed by atoms with Crippen LogP contribution in [0.2, 0.25) is 0 Å². The molecule has 0 unspecified atom stereocenters. The monoisotopic (exact) mass is 346 g/mol. The molecule has 0 saturated carbocycles. The quantitative estimate of drug-likeness (QED) is 0.604. The van der Waals surface area contributed by atoms with Crippen molar-refractivity contribution in [1.29, 1.82) is 5.26 Å². The summed E-state index contributed by atoms with van der Waals surface area (Å²) >= 11 is 1.17. The van der Waals surface area contributed by atoms with Crippen molar-refractivity contribution in [2.75, 3.05) is 5.32 Å². The van der Waals surface area contributed by atoms with E-state index in [4.69, 9.17) is 5.26 Å². The van der Waals surface area contributed by atoms with Gasteiger partial charge in [-0.2, -0.15) is 5.26 Å². The average molecular weight is 346 g/mol. The van der Waals surface area contributed by atoms with Crippen LogP contribution in [0, 0.1) is 11.3 Å². The van der Waals surface area contributed by atoms with E-state index in [1.807, 2.05) is 6.07 Å². The number of hydrogen-bond acceptors (Lipinski definition) is 5. The Balaban J connectivity index is 1.72. The summed E-state index contributed by atoms with van der Waals surface area (Å²) < 4.78 is 1.46. The van der Waals surface area contributed by atoms with Crippen LogP contribution in [0.3, 0.4) is 0 Å². The van der Waals surface area contributed by atoms with Crippen LogP contribution < -0.4 is 10.9 Å². The summed E-state index contributed by atoms with van der Waals surface area (Å²) in [7, 11) is 0. The zero-order chi connectivity index (χ0) is 17.4. The molecule has 0 atom stereocenters. The molecule has 1 N–H and O–H groups in total. The molecule has 25 heavy (non-hydrogen) atoms. The second kappa shape index (κ2) is 5.85. The Bertz CT molecular complexity index is 1220. The van der Waals surface area contributed by atoms with Gasteiger partial charge in [0.25, 0.3) is 11.5 Å². The van der Waals surface area contributed by atoms with Crippen LogP contribution in [0.25, 0.3) is 15.9 Å². The number of thiophene rings is 1. The molecule has 4 aromatic rings. The van der Waals surface area contributed by atoms with Crippen LogP contribution in [0.5, 0.6) is 0 Å². The molecule has 120 valence electrons. The van der Waals surface area contributed by atoms with E-state index >= 15 is 0 Å². The van der Waals surface area contributed by atoms with E-state index in [0.717, 1.165) is 0 Å². The molecule has 3 heterocycles. The number of benzene rings is 1. The lowest BCUT2D eigenvalue weighted by Gasteiger charge is -2.02. The molecule has 0 spiro atoms. The number of carbonyl (C=O) groups excluding carboxylic acids is 1. The van der Waals surface area contributed by atoms with E-state index < -0.39 is 0 Å². The minimum absolute atomic E-state index is 0.200. The van der Waals surface area contributed by atoms with Gasteiger partial charge in [0, 0.05) is 11.9 Å². The third kappa shape index (κ3) is 2.65. The predicted octanol–water partition coefficient (Wildman–Crippen LogP) is 3.03. The number of carbonyl (C=O) groups is 1. The fourth-order valence-corrected chi connectivity index (χ4v) is 3.41. The Morgan fingerprint density at radius 2 is 2.00 bits per heavy atom. The molecule has 1 amide bonds. The molecule has 0 radical (unpaired) electrons. The highest BCUT2D eigenvalue weighted by Crippen LogP contribution is 2.23. The third-order valence-electron chi connectivity index (χ3n) is 3.71. The lowest BCUT2D eigenvalue weighted by atomic mass is 10.2. The highest BCUT2D eigenvalue weighted by atomic mass is 32.1. The summed E-state index contributed by atoms with van der Waals surface area (Å²) in [5, 5.41) is 12.0. The first-order valence-electron chi connectivity index (χ1n) is 7.38. The van der Waals surface area contributed by atoms with E-state index in [1.54, 1.807) is 54.7 Å². The van der Waals surface area contributed by atoms with Crippen molar-refractivity contribution in [2.45, 2.75) is 0 Å². The fraction of sp³-hybridized carbons (Fsp3) is 0. The molecular weight excluding hydrogens is 336 g/mol. The SMILES string of the molecule is N#Cc1ccc(NC(=O)c2cc3c(=O)n4ccccc4nc3s2)cc1. The van der Waals surface area contributed by atoms with Crippen molar-refractivity contribution < 1.29 is 4.79 Å². The normalized spacial score (nSPS) is 10.7. The second-order valence-corrected chi connectivity index (χ2v) is 6.35. The number of nitrogens with zero attached hydrogens (tertiary/aromatic N) is 3. The molecule has 0 aliphatic heterocycles. The minimum atomic E-state index is -0.318. The van der Waals surface area contributed by atoms with Crippen molar-refractivity contribution in [3.05, 3.63) is 75.5 Å². The lowest BCUT2D eigenvalue weighted by Crippen LogP contribution is -2.13. The molecule has 6 nitrogen and oxygen atoms in total. The van der Waals surface area contributed by atoms with Crippen molar-refractivity contribution >= 4 is 38.8 Å². The van der Waals surface area contributed by atoms with E-state index in [9.17, 15) is 9.59 Å². The lowest BCUT2D eigenvalue weighted by molar-refractivity contribution is 0.103. The van der Waals surface area contributed by atoms with Crippen molar-refractivity contribution in [2.24, 2.45) is 0 Å². The summed E-state index contributed by atoms with van der Waals surface area (Å²) in [6, 6.07) is 15.5. The molecule has 3 aromatic heterocycles. The molecule has 0 fully saturated rings. The van der Waals surface area contributed by atoms with Crippen molar-refractivity contribution in [1.82, 2.24) is 9.38 Å². The first-order chi connectivity index (χ1) is 12.2. The van der Waals surface area contributed by atoms with Gasteiger partial charge in [-0.15, -0.1) is 11.3 Å². The number of nitrogens with one attached hydrogen (secondary N) is 1. The zero-order valence-electron chi connectivity index (χ0n) is 12.8. The van der Waals surface area contributed by atoms with Gasteiger partial charge in [-0.3, -0.25) is 14.0 Å². The molecule has 0 saturated heterocycles. The average Bonchev–Trinajstić information content (AvgIpc) is 3.07. The highest BCUT2D eigenvalue weighted by molar-refractivity contribution is 7.20. The molecule has 0 bridgehead atoms. The topological polar surface area (TPSA) is 87.3 Å². The van der Waals surface area contributed by atoms with Gasteiger partial charge in [0.1, 0.15) is 10.5 Å². The number of fused-ring (bicyclic) bond motifs is 2. The number of anilines is 1. The Kier molecular flexibility index (Phi) is 3.52. The summed E-state index contributed by atoms with van der Waals surface area (Å²) in [6.07, 6.45) is 1.65. The van der Waals surface area contributed by atoms with Crippen LogP contribution in [0.15, 0.2) is 59.5 Å². The molecule has 1 aromatic carbocycles. The number of amides is 1. The first-order valence-corrected chi connectivity index (χ1v) is 8.20. The van der Waals surface area contributed by atoms with Gasteiger partial charge >= 0.3 is 0 Å². The minimum Gasteiger partial charge on any atom is -0.321 e. The van der Waals surface area contributed by atoms with Gasteiger partial charge in [0.2, 0.25) is 0 Å². The summed E-state index contributed by atoms with van der Waals surface area (Å²) in [6.45, 7) is 0. The summed E-state index contributed by atoms with van der Waals surface area (Å²) in [4.78, 5) is 30.3. The van der Waals surface area contributed by atoms with Crippen LogP contribution >= 0.6 is 11.3 Å². The van der Waals surface area contributed by atoms with Gasteiger partial charge in [0.05, 0.1) is 21.9 Å². The van der Waals surface area contributed by atoms with Crippen LogP contribution in [0.4, 0.5) is 5.69 Å². The van der Waals surface area contributed by atoms with Gasteiger partial charge in [-0.1, -0.05) is 6.07 Å². The van der Waals surface area contributed by atoms with Gasteiger partial charge < -0.3 is 5.32 Å². The molecule has 0 aliphatic rings. The first kappa shape index (κ1) is 15.1. The number of nitriles is 1. The largest absolute Gasteiger partial charge is 0.321 e. The maximum atomic E-state index is 12.5. The van der Waals surface area contributed by atoms with Crippen molar-refractivity contribution in [3.63, 3.8) is 0 Å². The predicted molar refractivity (Wildman–Crippen MR) is 96.0 cm³/mol.